The fourth-order valence-electron chi connectivity index (χ4n) is 2.98. The fourth-order valence-corrected chi connectivity index (χ4v) is 3.84. The van der Waals surface area contributed by atoms with Gasteiger partial charge >= 0.3 is 0 Å². The van der Waals surface area contributed by atoms with Gasteiger partial charge in [-0.1, -0.05) is 49.0 Å². The van der Waals surface area contributed by atoms with Gasteiger partial charge in [0.15, 0.2) is 11.0 Å². The highest BCUT2D eigenvalue weighted by Gasteiger charge is 2.21. The summed E-state index contributed by atoms with van der Waals surface area (Å²) < 4.78 is 7.41. The molecule has 156 valence electrons. The van der Waals surface area contributed by atoms with Crippen LogP contribution in [0.1, 0.15) is 19.4 Å². The van der Waals surface area contributed by atoms with Crippen LogP contribution in [0.3, 0.4) is 0 Å². The van der Waals surface area contributed by atoms with Gasteiger partial charge in [-0.05, 0) is 43.2 Å². The van der Waals surface area contributed by atoms with Gasteiger partial charge in [0.2, 0.25) is 5.91 Å². The first-order valence-corrected chi connectivity index (χ1v) is 10.7. The number of ether oxygens (including phenoxy) is 1. The van der Waals surface area contributed by atoms with Gasteiger partial charge in [-0.25, -0.2) is 0 Å². The van der Waals surface area contributed by atoms with Crippen molar-refractivity contribution in [2.45, 2.75) is 37.2 Å². The van der Waals surface area contributed by atoms with Gasteiger partial charge in [0.1, 0.15) is 5.75 Å². The number of benzene rings is 2. The van der Waals surface area contributed by atoms with E-state index in [2.05, 4.69) is 29.0 Å². The van der Waals surface area contributed by atoms with E-state index >= 15 is 0 Å². The Kier molecular flexibility index (Phi) is 7.30. The van der Waals surface area contributed by atoms with Crippen molar-refractivity contribution >= 4 is 23.4 Å². The van der Waals surface area contributed by atoms with Crippen molar-refractivity contribution in [1.82, 2.24) is 14.8 Å². The molecule has 0 aliphatic carbocycles. The monoisotopic (exact) mass is 422 g/mol. The second-order valence-corrected chi connectivity index (χ2v) is 8.01. The zero-order chi connectivity index (χ0) is 21.5. The molecule has 30 heavy (non-hydrogen) atoms. The van der Waals surface area contributed by atoms with Crippen LogP contribution in [-0.2, 0) is 17.8 Å². The van der Waals surface area contributed by atoms with Crippen molar-refractivity contribution in [3.63, 3.8) is 0 Å². The van der Waals surface area contributed by atoms with Crippen LogP contribution in [-0.4, -0.2) is 33.0 Å². The molecule has 1 amide bonds. The average Bonchev–Trinajstić information content (AvgIpc) is 3.16. The first-order valence-electron chi connectivity index (χ1n) is 9.81. The number of carbonyl (C=O) groups is 1. The minimum Gasteiger partial charge on any atom is -0.496 e. The number of nitrogens with zero attached hydrogens (tertiary/aromatic N) is 3. The molecule has 0 bridgehead atoms. The van der Waals surface area contributed by atoms with Crippen molar-refractivity contribution in [1.29, 1.82) is 0 Å². The lowest BCUT2D eigenvalue weighted by molar-refractivity contribution is -0.115. The van der Waals surface area contributed by atoms with Crippen molar-refractivity contribution in [2.24, 2.45) is 0 Å². The van der Waals surface area contributed by atoms with Crippen LogP contribution in [0, 0.1) is 0 Å². The Balaban J connectivity index is 1.79. The van der Waals surface area contributed by atoms with Crippen LogP contribution < -0.4 is 10.1 Å². The number of thioether (sulfide) groups is 1. The lowest BCUT2D eigenvalue weighted by Gasteiger charge is -2.14. The molecular formula is C23H26N4O2S. The smallest absolute Gasteiger partial charge is 0.237 e. The highest BCUT2D eigenvalue weighted by atomic mass is 32.2. The van der Waals surface area contributed by atoms with E-state index in [1.165, 1.54) is 17.3 Å². The Morgan fingerprint density at radius 3 is 2.63 bits per heavy atom. The molecule has 3 rings (SSSR count). The van der Waals surface area contributed by atoms with Gasteiger partial charge in [0, 0.05) is 12.2 Å². The molecule has 0 radical (unpaired) electrons. The third-order valence-electron chi connectivity index (χ3n) is 4.66. The molecule has 0 saturated heterocycles. The maximum absolute atomic E-state index is 12.7. The molecule has 0 aliphatic heterocycles. The molecule has 0 spiro atoms. The first-order chi connectivity index (χ1) is 14.6. The molecule has 1 heterocycles. The van der Waals surface area contributed by atoms with Crippen LogP contribution in [0.5, 0.6) is 5.75 Å². The third-order valence-corrected chi connectivity index (χ3v) is 5.74. The molecule has 3 aromatic rings. The number of hydrogen-bond donors (Lipinski definition) is 1. The molecule has 1 aromatic heterocycles. The number of anilines is 1. The number of aryl methyl sites for hydroxylation is 1. The lowest BCUT2D eigenvalue weighted by atomic mass is 10.1. The van der Waals surface area contributed by atoms with Crippen molar-refractivity contribution in [2.75, 3.05) is 12.4 Å². The molecule has 0 fully saturated rings. The molecular weight excluding hydrogens is 396 g/mol. The third kappa shape index (κ3) is 4.91. The summed E-state index contributed by atoms with van der Waals surface area (Å²) in [5, 5.41) is 12.0. The predicted octanol–water partition coefficient (Wildman–Crippen LogP) is 4.82. The molecule has 0 aliphatic rings. The fraction of sp³-hybridized carbons (Fsp3) is 0.261. The molecule has 0 saturated carbocycles. The topological polar surface area (TPSA) is 69.0 Å². The standard InChI is InChI=1S/C23H26N4O2S/c1-5-15-27-21(19-9-7-8-10-20(19)29-4)25-26-23(27)30-16(3)22(28)24-18-13-11-17(6-2)12-14-18/h5,7-14,16H,1,6,15H2,2-4H3,(H,24,28)/t16-/m1/s1. The number of allylic oxidation sites excluding steroid dienone is 1. The second kappa shape index (κ2) is 10.1. The quantitative estimate of drug-likeness (QED) is 0.395. The second-order valence-electron chi connectivity index (χ2n) is 6.71. The lowest BCUT2D eigenvalue weighted by Crippen LogP contribution is -2.23. The van der Waals surface area contributed by atoms with E-state index in [0.29, 0.717) is 23.3 Å². The number of para-hydroxylation sites is 1. The summed E-state index contributed by atoms with van der Waals surface area (Å²) in [6, 6.07) is 15.6. The van der Waals surface area contributed by atoms with E-state index in [0.717, 1.165) is 17.7 Å². The van der Waals surface area contributed by atoms with E-state index in [1.54, 1.807) is 13.2 Å². The van der Waals surface area contributed by atoms with E-state index < -0.39 is 0 Å². The normalized spacial score (nSPS) is 11.7. The van der Waals surface area contributed by atoms with Crippen LogP contribution in [0.15, 0.2) is 66.3 Å². The van der Waals surface area contributed by atoms with Crippen molar-refractivity contribution < 1.29 is 9.53 Å². The predicted molar refractivity (Wildman–Crippen MR) is 122 cm³/mol. The number of amides is 1. The summed E-state index contributed by atoms with van der Waals surface area (Å²) in [4.78, 5) is 12.7. The number of methoxy groups -OCH3 is 1. The molecule has 0 unspecified atom stereocenters. The number of hydrogen-bond acceptors (Lipinski definition) is 5. The van der Waals surface area contributed by atoms with Gasteiger partial charge in [-0.3, -0.25) is 9.36 Å². The van der Waals surface area contributed by atoms with E-state index in [9.17, 15) is 4.79 Å². The minimum absolute atomic E-state index is 0.0868. The van der Waals surface area contributed by atoms with E-state index in [-0.39, 0.29) is 11.2 Å². The molecule has 6 nitrogen and oxygen atoms in total. The Morgan fingerprint density at radius 2 is 1.97 bits per heavy atom. The Bertz CT molecular complexity index is 1010. The summed E-state index contributed by atoms with van der Waals surface area (Å²) in [5.41, 5.74) is 2.86. The first kappa shape index (κ1) is 21.6. The number of nitrogens with one attached hydrogen (secondary N) is 1. The largest absolute Gasteiger partial charge is 0.496 e. The van der Waals surface area contributed by atoms with E-state index in [1.807, 2.05) is 60.0 Å². The summed E-state index contributed by atoms with van der Waals surface area (Å²) in [5.74, 6) is 1.31. The average molecular weight is 423 g/mol. The van der Waals surface area contributed by atoms with Gasteiger partial charge < -0.3 is 10.1 Å². The molecule has 1 atom stereocenters. The van der Waals surface area contributed by atoms with Crippen molar-refractivity contribution in [3.8, 4) is 17.1 Å². The highest BCUT2D eigenvalue weighted by Crippen LogP contribution is 2.32. The molecule has 2 aromatic carbocycles. The van der Waals surface area contributed by atoms with Crippen LogP contribution in [0.2, 0.25) is 0 Å². The SMILES string of the molecule is C=CCn1c(S[C@H](C)C(=O)Nc2ccc(CC)cc2)nnc1-c1ccccc1OC. The van der Waals surface area contributed by atoms with Gasteiger partial charge in [0.25, 0.3) is 0 Å². The Hall–Kier alpha value is -3.06. The summed E-state index contributed by atoms with van der Waals surface area (Å²) >= 11 is 1.36. The van der Waals surface area contributed by atoms with Gasteiger partial charge in [0.05, 0.1) is 17.9 Å². The van der Waals surface area contributed by atoms with Gasteiger partial charge in [-0.2, -0.15) is 0 Å². The Morgan fingerprint density at radius 1 is 1.23 bits per heavy atom. The maximum atomic E-state index is 12.7. The van der Waals surface area contributed by atoms with Crippen LogP contribution in [0.25, 0.3) is 11.4 Å². The zero-order valence-electron chi connectivity index (χ0n) is 17.5. The molecule has 1 N–H and O–H groups in total. The van der Waals surface area contributed by atoms with Crippen LogP contribution >= 0.6 is 11.8 Å². The number of aromatic nitrogens is 3. The molecule has 7 heteroatoms. The maximum Gasteiger partial charge on any atom is 0.237 e. The van der Waals surface area contributed by atoms with Gasteiger partial charge in [-0.15, -0.1) is 16.8 Å². The Labute approximate surface area is 181 Å². The van der Waals surface area contributed by atoms with Crippen LogP contribution in [0.4, 0.5) is 5.69 Å². The van der Waals surface area contributed by atoms with Crippen molar-refractivity contribution in [3.05, 3.63) is 66.7 Å². The number of carbonyl (C=O) groups excluding carboxylic acids is 1. The van der Waals surface area contributed by atoms with E-state index in [4.69, 9.17) is 4.74 Å². The summed E-state index contributed by atoms with van der Waals surface area (Å²) in [7, 11) is 1.63. The summed E-state index contributed by atoms with van der Waals surface area (Å²) in [6.07, 6.45) is 2.75. The zero-order valence-corrected chi connectivity index (χ0v) is 18.3. The minimum atomic E-state index is -0.353. The highest BCUT2D eigenvalue weighted by molar-refractivity contribution is 8.00. The number of rotatable bonds is 9. The summed E-state index contributed by atoms with van der Waals surface area (Å²) in [6.45, 7) is 8.32.